The lowest BCUT2D eigenvalue weighted by atomic mass is 9.85. The Bertz CT molecular complexity index is 1020. The number of hydrogen-bond donors (Lipinski definition) is 0. The van der Waals surface area contributed by atoms with E-state index in [2.05, 4.69) is 25.3 Å². The molecule has 29 heavy (non-hydrogen) atoms. The molecule has 0 N–H and O–H groups in total. The predicted octanol–water partition coefficient (Wildman–Crippen LogP) is 2.53. The van der Waals surface area contributed by atoms with Crippen molar-refractivity contribution in [1.82, 2.24) is 30.0 Å². The zero-order chi connectivity index (χ0) is 20.2. The van der Waals surface area contributed by atoms with Crippen LogP contribution in [0.1, 0.15) is 36.7 Å². The van der Waals surface area contributed by atoms with Gasteiger partial charge < -0.3 is 9.80 Å². The van der Waals surface area contributed by atoms with Gasteiger partial charge in [0.25, 0.3) is 0 Å². The molecule has 1 aliphatic carbocycles. The third-order valence-corrected chi connectivity index (χ3v) is 5.78. The lowest BCUT2D eigenvalue weighted by molar-refractivity contribution is -0.141. The monoisotopic (exact) mass is 404 g/mol. The molecule has 0 spiro atoms. The van der Waals surface area contributed by atoms with Crippen molar-refractivity contribution < 1.29 is 13.2 Å². The quantitative estimate of drug-likeness (QED) is 0.661. The van der Waals surface area contributed by atoms with Crippen LogP contribution < -0.4 is 9.80 Å². The first-order chi connectivity index (χ1) is 13.9. The van der Waals surface area contributed by atoms with E-state index in [9.17, 15) is 13.2 Å². The van der Waals surface area contributed by atoms with E-state index in [1.165, 1.54) is 12.5 Å². The summed E-state index contributed by atoms with van der Waals surface area (Å²) < 4.78 is 39.8. The molecule has 0 aromatic carbocycles. The van der Waals surface area contributed by atoms with Crippen molar-refractivity contribution in [2.24, 2.45) is 0 Å². The third kappa shape index (κ3) is 3.14. The van der Waals surface area contributed by atoms with Crippen LogP contribution in [0.5, 0.6) is 0 Å². The summed E-state index contributed by atoms with van der Waals surface area (Å²) in [5.41, 5.74) is -0.247. The average Bonchev–Trinajstić information content (AvgIpc) is 3.01. The topological polar surface area (TPSA) is 75.3 Å². The molecule has 0 unspecified atom stereocenters. The summed E-state index contributed by atoms with van der Waals surface area (Å²) in [5.74, 6) is 2.60. The zero-order valence-corrected chi connectivity index (χ0v) is 15.7. The fourth-order valence-electron chi connectivity index (χ4n) is 3.62. The van der Waals surface area contributed by atoms with Crippen LogP contribution in [0, 0.1) is 0 Å². The van der Waals surface area contributed by atoms with Crippen molar-refractivity contribution in [2.75, 3.05) is 29.9 Å². The molecular weight excluding hydrogens is 385 g/mol. The fraction of sp³-hybridized carbons (Fsp3) is 0.500. The first kappa shape index (κ1) is 18.1. The second-order valence-electron chi connectivity index (χ2n) is 7.59. The molecule has 3 aromatic rings. The Labute approximate surface area is 164 Å². The molecule has 2 aliphatic rings. The fourth-order valence-corrected chi connectivity index (χ4v) is 3.62. The Balaban J connectivity index is 1.28. The van der Waals surface area contributed by atoms with Gasteiger partial charge in [-0.3, -0.25) is 0 Å². The minimum Gasteiger partial charge on any atom is -0.352 e. The number of rotatable bonds is 4. The van der Waals surface area contributed by atoms with Gasteiger partial charge in [0.2, 0.25) is 0 Å². The van der Waals surface area contributed by atoms with E-state index >= 15 is 0 Å². The standard InChI is InChI=1S/C18H19F3N8/c1-27(14-6-5-13(22-23-14)18(19,20)21)12-9-28(10-12)16-8-7-15-24-25-17(29(15)26-16)11-3-2-4-11/h5-8,11-12H,2-4,9-10H2,1H3. The van der Waals surface area contributed by atoms with Crippen LogP contribution in [-0.2, 0) is 6.18 Å². The minimum atomic E-state index is -4.48. The highest BCUT2D eigenvalue weighted by Crippen LogP contribution is 2.35. The van der Waals surface area contributed by atoms with Gasteiger partial charge in [-0.15, -0.1) is 25.5 Å². The normalized spacial score (nSPS) is 18.0. The zero-order valence-electron chi connectivity index (χ0n) is 15.7. The molecule has 0 atom stereocenters. The van der Waals surface area contributed by atoms with Gasteiger partial charge in [0.05, 0.1) is 6.04 Å². The van der Waals surface area contributed by atoms with Crippen LogP contribution in [0.2, 0.25) is 0 Å². The van der Waals surface area contributed by atoms with Crippen LogP contribution in [0.4, 0.5) is 24.8 Å². The molecule has 8 nitrogen and oxygen atoms in total. The van der Waals surface area contributed by atoms with E-state index in [1.807, 2.05) is 28.6 Å². The van der Waals surface area contributed by atoms with E-state index in [0.717, 1.165) is 36.2 Å². The Kier molecular flexibility index (Phi) is 4.07. The number of anilines is 2. The van der Waals surface area contributed by atoms with Crippen molar-refractivity contribution in [2.45, 2.75) is 37.4 Å². The molecule has 5 rings (SSSR count). The highest BCUT2D eigenvalue weighted by atomic mass is 19.4. The number of halogens is 3. The SMILES string of the molecule is CN(c1ccc(C(F)(F)F)nn1)C1CN(c2ccc3nnc(C4CCC4)n3n2)C1. The van der Waals surface area contributed by atoms with Crippen molar-refractivity contribution >= 4 is 17.3 Å². The first-order valence-corrected chi connectivity index (χ1v) is 9.51. The molecule has 4 heterocycles. The smallest absolute Gasteiger partial charge is 0.352 e. The third-order valence-electron chi connectivity index (χ3n) is 5.78. The average molecular weight is 404 g/mol. The number of aromatic nitrogens is 6. The molecule has 0 amide bonds. The summed E-state index contributed by atoms with van der Waals surface area (Å²) in [7, 11) is 1.81. The Morgan fingerprint density at radius 2 is 1.79 bits per heavy atom. The maximum atomic E-state index is 12.6. The molecule has 1 aliphatic heterocycles. The van der Waals surface area contributed by atoms with Crippen molar-refractivity contribution in [3.8, 4) is 0 Å². The van der Waals surface area contributed by atoms with Crippen LogP contribution in [0.3, 0.4) is 0 Å². The van der Waals surface area contributed by atoms with Gasteiger partial charge in [-0.25, -0.2) is 0 Å². The van der Waals surface area contributed by atoms with E-state index in [0.29, 0.717) is 24.8 Å². The first-order valence-electron chi connectivity index (χ1n) is 9.51. The molecule has 11 heteroatoms. The molecular formula is C18H19F3N8. The molecule has 2 fully saturated rings. The summed E-state index contributed by atoms with van der Waals surface area (Å²) in [5, 5.41) is 20.2. The number of alkyl halides is 3. The largest absolute Gasteiger partial charge is 0.435 e. The molecule has 0 radical (unpaired) electrons. The second-order valence-corrected chi connectivity index (χ2v) is 7.59. The maximum Gasteiger partial charge on any atom is 0.435 e. The number of hydrogen-bond acceptors (Lipinski definition) is 7. The summed E-state index contributed by atoms with van der Waals surface area (Å²) in [6.45, 7) is 1.39. The summed E-state index contributed by atoms with van der Waals surface area (Å²) in [4.78, 5) is 3.96. The molecule has 0 bridgehead atoms. The highest BCUT2D eigenvalue weighted by Gasteiger charge is 2.35. The maximum absolute atomic E-state index is 12.6. The second kappa shape index (κ2) is 6.53. The number of nitrogens with zero attached hydrogens (tertiary/aromatic N) is 8. The van der Waals surface area contributed by atoms with E-state index in [1.54, 1.807) is 0 Å². The van der Waals surface area contributed by atoms with Gasteiger partial charge >= 0.3 is 6.18 Å². The van der Waals surface area contributed by atoms with Crippen molar-refractivity contribution in [3.63, 3.8) is 0 Å². The van der Waals surface area contributed by atoms with Gasteiger partial charge in [-0.1, -0.05) is 6.42 Å². The molecule has 1 saturated carbocycles. The van der Waals surface area contributed by atoms with Crippen molar-refractivity contribution in [1.29, 1.82) is 0 Å². The Hall–Kier alpha value is -2.98. The number of likely N-dealkylation sites (N-methyl/N-ethyl adjacent to an activating group) is 1. The van der Waals surface area contributed by atoms with Gasteiger partial charge in [0, 0.05) is 26.1 Å². The van der Waals surface area contributed by atoms with Crippen molar-refractivity contribution in [3.05, 3.63) is 35.8 Å². The predicted molar refractivity (Wildman–Crippen MR) is 98.8 cm³/mol. The van der Waals surface area contributed by atoms with Gasteiger partial charge in [-0.05, 0) is 37.1 Å². The molecule has 1 saturated heterocycles. The minimum absolute atomic E-state index is 0.116. The molecule has 152 valence electrons. The van der Waals surface area contributed by atoms with E-state index in [-0.39, 0.29) is 6.04 Å². The van der Waals surface area contributed by atoms with Gasteiger partial charge in [-0.2, -0.15) is 17.7 Å². The Morgan fingerprint density at radius 1 is 1.00 bits per heavy atom. The van der Waals surface area contributed by atoms with Crippen LogP contribution >= 0.6 is 0 Å². The van der Waals surface area contributed by atoms with Gasteiger partial charge in [0.15, 0.2) is 23.0 Å². The molecule has 3 aromatic heterocycles. The van der Waals surface area contributed by atoms with Crippen LogP contribution in [-0.4, -0.2) is 56.2 Å². The summed E-state index contributed by atoms with van der Waals surface area (Å²) in [6.07, 6.45) is -1.02. The summed E-state index contributed by atoms with van der Waals surface area (Å²) >= 11 is 0. The van der Waals surface area contributed by atoms with E-state index in [4.69, 9.17) is 5.10 Å². The Morgan fingerprint density at radius 3 is 2.41 bits per heavy atom. The lowest BCUT2D eigenvalue weighted by Crippen LogP contribution is -2.59. The highest BCUT2D eigenvalue weighted by molar-refractivity contribution is 5.50. The van der Waals surface area contributed by atoms with Crippen LogP contribution in [0.15, 0.2) is 24.3 Å². The summed E-state index contributed by atoms with van der Waals surface area (Å²) in [6, 6.07) is 6.26. The van der Waals surface area contributed by atoms with Crippen LogP contribution in [0.25, 0.3) is 5.65 Å². The van der Waals surface area contributed by atoms with E-state index < -0.39 is 11.9 Å². The number of fused-ring (bicyclic) bond motifs is 1. The lowest BCUT2D eigenvalue weighted by Gasteiger charge is -2.44. The van der Waals surface area contributed by atoms with Gasteiger partial charge in [0.1, 0.15) is 5.82 Å².